The van der Waals surface area contributed by atoms with E-state index < -0.39 is 15.0 Å². The van der Waals surface area contributed by atoms with E-state index in [1.54, 1.807) is 24.3 Å². The lowest BCUT2D eigenvalue weighted by Gasteiger charge is -2.09. The molecule has 2 aromatic carbocycles. The van der Waals surface area contributed by atoms with E-state index in [9.17, 15) is 8.42 Å². The van der Waals surface area contributed by atoms with Crippen LogP contribution in [-0.4, -0.2) is 27.9 Å². The van der Waals surface area contributed by atoms with Gasteiger partial charge in [-0.2, -0.15) is 23.4 Å². The summed E-state index contributed by atoms with van der Waals surface area (Å²) >= 11 is 5.88. The number of ether oxygens (including phenoxy) is 1. The van der Waals surface area contributed by atoms with Crippen LogP contribution in [0.4, 0.5) is 17.3 Å². The van der Waals surface area contributed by atoms with E-state index in [1.807, 2.05) is 6.07 Å². The van der Waals surface area contributed by atoms with Crippen molar-refractivity contribution in [2.24, 2.45) is 0 Å². The van der Waals surface area contributed by atoms with Gasteiger partial charge in [0.25, 0.3) is 10.1 Å². The maximum Gasteiger partial charge on any atom is 0.328 e. The number of aromatic nitrogens is 3. The summed E-state index contributed by atoms with van der Waals surface area (Å²) in [4.78, 5) is 11.5. The second kappa shape index (κ2) is 7.12. The number of nitrogens with zero attached hydrogens (tertiary/aromatic N) is 3. The Morgan fingerprint density at radius 2 is 1.81 bits per heavy atom. The molecule has 26 heavy (non-hydrogen) atoms. The van der Waals surface area contributed by atoms with Crippen molar-refractivity contribution in [3.8, 4) is 11.8 Å². The van der Waals surface area contributed by atoms with Crippen LogP contribution in [0.3, 0.4) is 0 Å². The monoisotopic (exact) mass is 393 g/mol. The zero-order valence-electron chi connectivity index (χ0n) is 13.0. The smallest absolute Gasteiger partial charge is 0.328 e. The van der Waals surface area contributed by atoms with Crippen molar-refractivity contribution in [2.75, 3.05) is 11.1 Å². The third kappa shape index (κ3) is 4.36. The highest BCUT2D eigenvalue weighted by molar-refractivity contribution is 7.86. The van der Waals surface area contributed by atoms with Crippen molar-refractivity contribution in [3.63, 3.8) is 0 Å². The van der Waals surface area contributed by atoms with Gasteiger partial charge < -0.3 is 15.8 Å². The molecule has 3 rings (SSSR count). The molecular formula is C15H12ClN5O4S. The van der Waals surface area contributed by atoms with Crippen molar-refractivity contribution in [1.82, 2.24) is 15.0 Å². The highest BCUT2D eigenvalue weighted by Crippen LogP contribution is 2.25. The fourth-order valence-corrected chi connectivity index (χ4v) is 2.77. The molecule has 0 unspecified atom stereocenters. The van der Waals surface area contributed by atoms with Gasteiger partial charge in [0.05, 0.1) is 5.69 Å². The Morgan fingerprint density at radius 3 is 2.46 bits per heavy atom. The number of hydrogen-bond donors (Lipinski definition) is 3. The minimum Gasteiger partial charge on any atom is -0.424 e. The standard InChI is InChI=1S/C15H12ClN5O4S/c16-13-19-14(21-15(20-13)25-10-4-2-1-3-5-10)18-9-6-7-12(11(17)8-9)26(22,23)24/h1-8H,17H2,(H,22,23,24)(H,18,19,20,21). The fraction of sp³-hybridized carbons (Fsp3) is 0. The van der Waals surface area contributed by atoms with Gasteiger partial charge in [0.1, 0.15) is 10.6 Å². The summed E-state index contributed by atoms with van der Waals surface area (Å²) in [7, 11) is -4.41. The molecule has 0 atom stereocenters. The Morgan fingerprint density at radius 1 is 1.08 bits per heavy atom. The number of benzene rings is 2. The van der Waals surface area contributed by atoms with Gasteiger partial charge in [-0.3, -0.25) is 4.55 Å². The SMILES string of the molecule is Nc1cc(Nc2nc(Cl)nc(Oc3ccccc3)n2)ccc1S(=O)(=O)O. The summed E-state index contributed by atoms with van der Waals surface area (Å²) in [5.41, 5.74) is 5.88. The molecule has 0 saturated heterocycles. The summed E-state index contributed by atoms with van der Waals surface area (Å²) in [6.45, 7) is 0. The number of rotatable bonds is 5. The molecule has 134 valence electrons. The minimum atomic E-state index is -4.41. The zero-order chi connectivity index (χ0) is 18.7. The zero-order valence-corrected chi connectivity index (χ0v) is 14.6. The molecule has 0 aliphatic carbocycles. The topological polar surface area (TPSA) is 140 Å². The molecule has 0 aliphatic heterocycles. The quantitative estimate of drug-likeness (QED) is 0.440. The van der Waals surface area contributed by atoms with Crippen LogP contribution in [0.5, 0.6) is 11.8 Å². The second-order valence-electron chi connectivity index (χ2n) is 4.98. The average Bonchev–Trinajstić information content (AvgIpc) is 2.54. The molecule has 3 aromatic rings. The number of hydrogen-bond acceptors (Lipinski definition) is 8. The van der Waals surface area contributed by atoms with Crippen molar-refractivity contribution in [3.05, 3.63) is 53.8 Å². The first-order valence-corrected chi connectivity index (χ1v) is 8.91. The molecular weight excluding hydrogens is 382 g/mol. The maximum atomic E-state index is 11.2. The third-order valence-corrected chi connectivity index (χ3v) is 4.18. The number of halogens is 1. The van der Waals surface area contributed by atoms with Crippen LogP contribution < -0.4 is 15.8 Å². The highest BCUT2D eigenvalue weighted by atomic mass is 35.5. The molecule has 1 heterocycles. The first-order chi connectivity index (χ1) is 12.3. The first kappa shape index (κ1) is 17.9. The number of nitrogen functional groups attached to an aromatic ring is 1. The van der Waals surface area contributed by atoms with E-state index in [2.05, 4.69) is 20.3 Å². The summed E-state index contributed by atoms with van der Waals surface area (Å²) in [5, 5.41) is 2.71. The first-order valence-electron chi connectivity index (χ1n) is 7.10. The lowest BCUT2D eigenvalue weighted by molar-refractivity contribution is 0.440. The Bertz CT molecular complexity index is 1050. The van der Waals surface area contributed by atoms with Gasteiger partial charge in [0.2, 0.25) is 11.2 Å². The van der Waals surface area contributed by atoms with Gasteiger partial charge in [-0.15, -0.1) is 0 Å². The Labute approximate surface area is 153 Å². The van der Waals surface area contributed by atoms with Gasteiger partial charge in [-0.1, -0.05) is 18.2 Å². The normalized spacial score (nSPS) is 11.2. The lowest BCUT2D eigenvalue weighted by atomic mass is 10.3. The van der Waals surface area contributed by atoms with E-state index >= 15 is 0 Å². The second-order valence-corrected chi connectivity index (χ2v) is 6.71. The van der Waals surface area contributed by atoms with Crippen LogP contribution in [0.1, 0.15) is 0 Å². The van der Waals surface area contributed by atoms with Gasteiger partial charge in [-0.25, -0.2) is 0 Å². The number of nitrogens with two attached hydrogens (primary N) is 1. The van der Waals surface area contributed by atoms with Crippen molar-refractivity contribution >= 4 is 39.0 Å². The molecule has 0 saturated carbocycles. The molecule has 0 radical (unpaired) electrons. The van der Waals surface area contributed by atoms with Crippen molar-refractivity contribution in [1.29, 1.82) is 0 Å². The van der Waals surface area contributed by atoms with E-state index in [-0.39, 0.29) is 22.9 Å². The Hall–Kier alpha value is -2.95. The molecule has 4 N–H and O–H groups in total. The molecule has 11 heteroatoms. The lowest BCUT2D eigenvalue weighted by Crippen LogP contribution is -2.05. The van der Waals surface area contributed by atoms with E-state index in [1.165, 1.54) is 12.1 Å². The fourth-order valence-electron chi connectivity index (χ4n) is 2.02. The minimum absolute atomic E-state index is 0.0266. The summed E-state index contributed by atoms with van der Waals surface area (Å²) in [5.74, 6) is 0.581. The highest BCUT2D eigenvalue weighted by Gasteiger charge is 2.14. The predicted molar refractivity (Wildman–Crippen MR) is 95.3 cm³/mol. The van der Waals surface area contributed by atoms with Gasteiger partial charge >= 0.3 is 6.01 Å². The van der Waals surface area contributed by atoms with Gasteiger partial charge in [-0.05, 0) is 41.9 Å². The molecule has 1 aromatic heterocycles. The molecule has 0 spiro atoms. The molecule has 0 aliphatic rings. The molecule has 9 nitrogen and oxygen atoms in total. The van der Waals surface area contributed by atoms with E-state index in [0.717, 1.165) is 6.07 Å². The van der Waals surface area contributed by atoms with Crippen LogP contribution in [0.15, 0.2) is 53.4 Å². The van der Waals surface area contributed by atoms with Crippen molar-refractivity contribution < 1.29 is 17.7 Å². The molecule has 0 amide bonds. The third-order valence-electron chi connectivity index (χ3n) is 3.08. The maximum absolute atomic E-state index is 11.2. The van der Waals surface area contributed by atoms with Crippen LogP contribution in [-0.2, 0) is 10.1 Å². The predicted octanol–water partition coefficient (Wildman–Crippen LogP) is 2.89. The van der Waals surface area contributed by atoms with Crippen LogP contribution in [0.2, 0.25) is 5.28 Å². The summed E-state index contributed by atoms with van der Waals surface area (Å²) < 4.78 is 36.9. The summed E-state index contributed by atoms with van der Waals surface area (Å²) in [6.07, 6.45) is 0. The van der Waals surface area contributed by atoms with Gasteiger partial charge in [0, 0.05) is 5.69 Å². The largest absolute Gasteiger partial charge is 0.424 e. The Kier molecular flexibility index (Phi) is 4.89. The van der Waals surface area contributed by atoms with Crippen LogP contribution in [0, 0.1) is 0 Å². The van der Waals surface area contributed by atoms with E-state index in [0.29, 0.717) is 11.4 Å². The molecule has 0 fully saturated rings. The summed E-state index contributed by atoms with van der Waals surface area (Å²) in [6, 6.07) is 12.7. The number of nitrogens with one attached hydrogen (secondary N) is 1. The van der Waals surface area contributed by atoms with Crippen LogP contribution >= 0.6 is 11.6 Å². The number of para-hydroxylation sites is 1. The van der Waals surface area contributed by atoms with Crippen molar-refractivity contribution in [2.45, 2.75) is 4.90 Å². The van der Waals surface area contributed by atoms with Gasteiger partial charge in [0.15, 0.2) is 0 Å². The number of anilines is 3. The van der Waals surface area contributed by atoms with Crippen LogP contribution in [0.25, 0.3) is 0 Å². The Balaban J connectivity index is 1.85. The molecule has 0 bridgehead atoms. The average molecular weight is 394 g/mol. The van der Waals surface area contributed by atoms with E-state index in [4.69, 9.17) is 26.6 Å².